The lowest BCUT2D eigenvalue weighted by Gasteiger charge is -1.99. The lowest BCUT2D eigenvalue weighted by atomic mass is 10.1. The molecule has 0 aromatic heterocycles. The SMILES string of the molecule is CC1(C)[C@H](C(=O)NN)[C@H]1C(=O)NN. The first kappa shape index (κ1) is 9.94. The number of hydrogen-bond donors (Lipinski definition) is 4. The van der Waals surface area contributed by atoms with Gasteiger partial charge in [0.05, 0.1) is 11.8 Å². The van der Waals surface area contributed by atoms with E-state index in [1.807, 2.05) is 24.7 Å². The van der Waals surface area contributed by atoms with Gasteiger partial charge < -0.3 is 0 Å². The molecule has 74 valence electrons. The van der Waals surface area contributed by atoms with Crippen LogP contribution >= 0.6 is 0 Å². The molecule has 6 nitrogen and oxygen atoms in total. The van der Waals surface area contributed by atoms with Crippen molar-refractivity contribution in [2.75, 3.05) is 0 Å². The van der Waals surface area contributed by atoms with E-state index in [0.717, 1.165) is 0 Å². The number of nitrogens with two attached hydrogens (primary N) is 2. The minimum atomic E-state index is -0.374. The van der Waals surface area contributed by atoms with Gasteiger partial charge in [-0.1, -0.05) is 13.8 Å². The van der Waals surface area contributed by atoms with Gasteiger partial charge in [0, 0.05) is 0 Å². The van der Waals surface area contributed by atoms with Gasteiger partial charge >= 0.3 is 0 Å². The van der Waals surface area contributed by atoms with Crippen molar-refractivity contribution in [2.24, 2.45) is 28.9 Å². The highest BCUT2D eigenvalue weighted by molar-refractivity contribution is 5.93. The maximum atomic E-state index is 11.2. The zero-order valence-electron chi connectivity index (χ0n) is 7.63. The molecule has 0 spiro atoms. The molecule has 2 atom stereocenters. The number of amides is 2. The monoisotopic (exact) mass is 186 g/mol. The Labute approximate surface area is 76.0 Å². The van der Waals surface area contributed by atoms with Crippen LogP contribution in [-0.4, -0.2) is 11.8 Å². The van der Waals surface area contributed by atoms with Gasteiger partial charge in [0.2, 0.25) is 11.8 Å². The molecule has 1 aliphatic rings. The first-order valence-corrected chi connectivity index (χ1v) is 3.97. The van der Waals surface area contributed by atoms with Crippen molar-refractivity contribution in [3.8, 4) is 0 Å². The molecule has 0 unspecified atom stereocenters. The van der Waals surface area contributed by atoms with Gasteiger partial charge in [-0.3, -0.25) is 20.4 Å². The van der Waals surface area contributed by atoms with Crippen LogP contribution < -0.4 is 22.5 Å². The Hall–Kier alpha value is -1.14. The molecule has 0 heterocycles. The summed E-state index contributed by atoms with van der Waals surface area (Å²) < 4.78 is 0. The number of nitrogens with one attached hydrogen (secondary N) is 2. The molecule has 13 heavy (non-hydrogen) atoms. The van der Waals surface area contributed by atoms with E-state index >= 15 is 0 Å². The highest BCUT2D eigenvalue weighted by atomic mass is 16.2. The van der Waals surface area contributed by atoms with E-state index < -0.39 is 0 Å². The number of carbonyl (C=O) groups excluding carboxylic acids is 2. The van der Waals surface area contributed by atoms with E-state index in [0.29, 0.717) is 0 Å². The number of hydrazine groups is 2. The molecule has 1 fully saturated rings. The smallest absolute Gasteiger partial charge is 0.238 e. The second-order valence-electron chi connectivity index (χ2n) is 3.79. The van der Waals surface area contributed by atoms with Gasteiger partial charge in [-0.2, -0.15) is 0 Å². The van der Waals surface area contributed by atoms with Crippen LogP contribution in [0.4, 0.5) is 0 Å². The lowest BCUT2D eigenvalue weighted by molar-refractivity contribution is -0.127. The highest BCUT2D eigenvalue weighted by Gasteiger charge is 2.65. The molecule has 1 saturated carbocycles. The number of hydrogen-bond acceptors (Lipinski definition) is 4. The Kier molecular flexibility index (Phi) is 2.27. The Bertz CT molecular complexity index is 227. The molecule has 1 aliphatic carbocycles. The van der Waals surface area contributed by atoms with Crippen molar-refractivity contribution in [1.82, 2.24) is 10.9 Å². The van der Waals surface area contributed by atoms with Crippen LogP contribution in [0.15, 0.2) is 0 Å². The zero-order chi connectivity index (χ0) is 10.2. The van der Waals surface area contributed by atoms with Crippen LogP contribution in [0.3, 0.4) is 0 Å². The predicted octanol–water partition coefficient (Wildman–Crippen LogP) is -1.76. The molecule has 0 radical (unpaired) electrons. The molecule has 0 saturated heterocycles. The van der Waals surface area contributed by atoms with Crippen LogP contribution in [0.25, 0.3) is 0 Å². The van der Waals surface area contributed by atoms with Crippen LogP contribution in [0, 0.1) is 17.3 Å². The minimum absolute atomic E-state index is 0.321. The average Bonchev–Trinajstić information content (AvgIpc) is 2.66. The molecular weight excluding hydrogens is 172 g/mol. The van der Waals surface area contributed by atoms with E-state index in [1.54, 1.807) is 0 Å². The van der Waals surface area contributed by atoms with Crippen LogP contribution in [0.2, 0.25) is 0 Å². The largest absolute Gasteiger partial charge is 0.294 e. The van der Waals surface area contributed by atoms with E-state index in [9.17, 15) is 9.59 Å². The molecule has 1 rings (SSSR count). The van der Waals surface area contributed by atoms with Crippen molar-refractivity contribution in [3.05, 3.63) is 0 Å². The van der Waals surface area contributed by atoms with Crippen LogP contribution in [-0.2, 0) is 9.59 Å². The normalized spacial score (nSPS) is 29.2. The van der Waals surface area contributed by atoms with Gasteiger partial charge in [0.15, 0.2) is 0 Å². The third-order valence-electron chi connectivity index (χ3n) is 2.68. The molecule has 2 amide bonds. The fourth-order valence-electron chi connectivity index (χ4n) is 1.80. The fraction of sp³-hybridized carbons (Fsp3) is 0.714. The summed E-state index contributed by atoms with van der Waals surface area (Å²) in [4.78, 5) is 22.3. The molecule has 0 aromatic carbocycles. The van der Waals surface area contributed by atoms with Gasteiger partial charge in [-0.05, 0) is 5.41 Å². The summed E-state index contributed by atoms with van der Waals surface area (Å²) in [6.07, 6.45) is 0. The first-order chi connectivity index (χ1) is 5.96. The first-order valence-electron chi connectivity index (χ1n) is 3.97. The third kappa shape index (κ3) is 1.38. The second-order valence-corrected chi connectivity index (χ2v) is 3.79. The van der Waals surface area contributed by atoms with Crippen LogP contribution in [0.1, 0.15) is 13.8 Å². The van der Waals surface area contributed by atoms with E-state index in [-0.39, 0.29) is 29.1 Å². The van der Waals surface area contributed by atoms with Gasteiger partial charge in [0.1, 0.15) is 0 Å². The summed E-state index contributed by atoms with van der Waals surface area (Å²) in [6, 6.07) is 0. The Morgan fingerprint density at radius 2 is 1.38 bits per heavy atom. The summed E-state index contributed by atoms with van der Waals surface area (Å²) in [7, 11) is 0. The summed E-state index contributed by atoms with van der Waals surface area (Å²) >= 11 is 0. The van der Waals surface area contributed by atoms with E-state index in [1.165, 1.54) is 0 Å². The maximum absolute atomic E-state index is 11.2. The Balaban J connectivity index is 2.71. The Morgan fingerprint density at radius 1 is 1.08 bits per heavy atom. The summed E-state index contributed by atoms with van der Waals surface area (Å²) in [5, 5.41) is 0. The second kappa shape index (κ2) is 2.97. The quantitative estimate of drug-likeness (QED) is 0.232. The van der Waals surface area contributed by atoms with Gasteiger partial charge in [-0.15, -0.1) is 0 Å². The number of carbonyl (C=O) groups is 2. The molecule has 6 N–H and O–H groups in total. The van der Waals surface area contributed by atoms with E-state index in [2.05, 4.69) is 0 Å². The minimum Gasteiger partial charge on any atom is -0.294 e. The van der Waals surface area contributed by atoms with E-state index in [4.69, 9.17) is 11.7 Å². The molecule has 0 aromatic rings. The summed E-state index contributed by atoms with van der Waals surface area (Å²) in [5.41, 5.74) is 3.71. The van der Waals surface area contributed by atoms with Gasteiger partial charge in [-0.25, -0.2) is 11.7 Å². The summed E-state index contributed by atoms with van der Waals surface area (Å²) in [6.45, 7) is 3.65. The maximum Gasteiger partial charge on any atom is 0.238 e. The van der Waals surface area contributed by atoms with Gasteiger partial charge in [0.25, 0.3) is 0 Å². The Morgan fingerprint density at radius 3 is 1.62 bits per heavy atom. The van der Waals surface area contributed by atoms with Crippen molar-refractivity contribution in [1.29, 1.82) is 0 Å². The van der Waals surface area contributed by atoms with Crippen molar-refractivity contribution in [2.45, 2.75) is 13.8 Å². The summed E-state index contributed by atoms with van der Waals surface area (Å²) in [5.74, 6) is 8.56. The highest BCUT2D eigenvalue weighted by Crippen LogP contribution is 2.58. The number of rotatable bonds is 2. The van der Waals surface area contributed by atoms with Crippen molar-refractivity contribution >= 4 is 11.8 Å². The molecule has 0 bridgehead atoms. The standard InChI is InChI=1S/C7H14N4O2/c1-7(2)3(5(12)10-8)4(7)6(13)11-9/h3-4H,8-9H2,1-2H3,(H,10,12)(H,11,13)/t3-,4-/m0/s1. The van der Waals surface area contributed by atoms with Crippen molar-refractivity contribution < 1.29 is 9.59 Å². The zero-order valence-corrected chi connectivity index (χ0v) is 7.63. The predicted molar refractivity (Wildman–Crippen MR) is 45.4 cm³/mol. The third-order valence-corrected chi connectivity index (χ3v) is 2.68. The van der Waals surface area contributed by atoms with Crippen molar-refractivity contribution in [3.63, 3.8) is 0 Å². The molecular formula is C7H14N4O2. The molecule has 0 aliphatic heterocycles. The average molecular weight is 186 g/mol. The topological polar surface area (TPSA) is 110 Å². The lowest BCUT2D eigenvalue weighted by Crippen LogP contribution is -2.36. The fourth-order valence-corrected chi connectivity index (χ4v) is 1.80. The molecule has 6 heteroatoms. The van der Waals surface area contributed by atoms with Crippen LogP contribution in [0.5, 0.6) is 0 Å².